The van der Waals surface area contributed by atoms with Gasteiger partial charge in [-0.1, -0.05) is 59.6 Å². The van der Waals surface area contributed by atoms with Gasteiger partial charge in [0.15, 0.2) is 5.82 Å². The Kier molecular flexibility index (Phi) is 5.30. The molecular weight excluding hydrogens is 368 g/mol. The summed E-state index contributed by atoms with van der Waals surface area (Å²) in [6.45, 7) is 3.92. The summed E-state index contributed by atoms with van der Waals surface area (Å²) < 4.78 is 27.9. The maximum atomic E-state index is 13.3. The number of benzene rings is 2. The summed E-state index contributed by atoms with van der Waals surface area (Å²) in [6, 6.07) is 17.9. The van der Waals surface area contributed by atoms with Gasteiger partial charge in [-0.05, 0) is 43.2 Å². The van der Waals surface area contributed by atoms with Gasteiger partial charge in [0.2, 0.25) is 0 Å². The van der Waals surface area contributed by atoms with Crippen molar-refractivity contribution >= 4 is 27.4 Å². The third-order valence-corrected chi connectivity index (χ3v) is 6.00. The molecule has 4 nitrogen and oxygen atoms in total. The molecule has 26 heavy (non-hydrogen) atoms. The number of nitrogens with zero attached hydrogens (tertiary/aromatic N) is 2. The summed E-state index contributed by atoms with van der Waals surface area (Å²) in [5.74, 6) is 0.224. The second-order valence-corrected chi connectivity index (χ2v) is 8.40. The number of anilines is 1. The minimum Gasteiger partial charge on any atom is -0.244 e. The highest BCUT2D eigenvalue weighted by atomic mass is 35.5. The van der Waals surface area contributed by atoms with Crippen LogP contribution in [0, 0.1) is 13.8 Å². The Morgan fingerprint density at radius 2 is 1.62 bits per heavy atom. The molecule has 0 amide bonds. The average Bonchev–Trinajstić information content (AvgIpc) is 2.61. The quantitative estimate of drug-likeness (QED) is 0.635. The van der Waals surface area contributed by atoms with Crippen molar-refractivity contribution in [3.63, 3.8) is 0 Å². The summed E-state index contributed by atoms with van der Waals surface area (Å²) in [7, 11) is -3.82. The molecule has 1 heterocycles. The van der Waals surface area contributed by atoms with Gasteiger partial charge >= 0.3 is 0 Å². The molecule has 0 aliphatic heterocycles. The molecule has 0 atom stereocenters. The van der Waals surface area contributed by atoms with Gasteiger partial charge in [-0.3, -0.25) is 0 Å². The first-order chi connectivity index (χ1) is 12.4. The summed E-state index contributed by atoms with van der Waals surface area (Å²) in [4.78, 5) is 4.50. The molecule has 2 aromatic carbocycles. The van der Waals surface area contributed by atoms with Crippen molar-refractivity contribution in [2.24, 2.45) is 0 Å². The molecule has 0 radical (unpaired) electrons. The molecule has 1 aromatic heterocycles. The monoisotopic (exact) mass is 386 g/mol. The number of halogens is 1. The van der Waals surface area contributed by atoms with Gasteiger partial charge in [0.25, 0.3) is 10.0 Å². The minimum atomic E-state index is -3.82. The van der Waals surface area contributed by atoms with Gasteiger partial charge in [0.05, 0.1) is 16.5 Å². The smallest absolute Gasteiger partial charge is 0.244 e. The van der Waals surface area contributed by atoms with Gasteiger partial charge < -0.3 is 0 Å². The molecule has 0 bridgehead atoms. The summed E-state index contributed by atoms with van der Waals surface area (Å²) in [5, 5.41) is 0.302. The highest BCUT2D eigenvalue weighted by molar-refractivity contribution is 7.92. The van der Waals surface area contributed by atoms with E-state index in [9.17, 15) is 8.42 Å². The number of rotatable bonds is 5. The van der Waals surface area contributed by atoms with Crippen molar-refractivity contribution in [2.75, 3.05) is 4.31 Å². The highest BCUT2D eigenvalue weighted by Crippen LogP contribution is 2.30. The van der Waals surface area contributed by atoms with Crippen LogP contribution in [0.15, 0.2) is 71.8 Å². The fourth-order valence-electron chi connectivity index (χ4n) is 2.57. The Balaban J connectivity index is 2.12. The third-order valence-electron chi connectivity index (χ3n) is 3.97. The number of hydrogen-bond acceptors (Lipinski definition) is 3. The van der Waals surface area contributed by atoms with Gasteiger partial charge in [-0.2, -0.15) is 0 Å². The van der Waals surface area contributed by atoms with Crippen molar-refractivity contribution < 1.29 is 8.42 Å². The van der Waals surface area contributed by atoms with Crippen LogP contribution in [-0.2, 0) is 16.6 Å². The fraction of sp³-hybridized carbons (Fsp3) is 0.150. The standard InChI is InChI=1S/C20H19ClN2O2S/c1-15-8-10-18(11-9-15)26(24,25)23(14-17-6-4-3-5-7-17)20-19(21)12-16(2)13-22-20/h3-13H,14H2,1-2H3. The fourth-order valence-corrected chi connectivity index (χ4v) is 4.37. The van der Waals surface area contributed by atoms with E-state index in [0.29, 0.717) is 5.02 Å². The largest absolute Gasteiger partial charge is 0.265 e. The zero-order valence-electron chi connectivity index (χ0n) is 14.6. The number of aromatic nitrogens is 1. The van der Waals surface area contributed by atoms with Crippen LogP contribution >= 0.6 is 11.6 Å². The number of aryl methyl sites for hydroxylation is 2. The normalized spacial score (nSPS) is 11.3. The van der Waals surface area contributed by atoms with Crippen LogP contribution in [0.3, 0.4) is 0 Å². The molecule has 0 N–H and O–H groups in total. The van der Waals surface area contributed by atoms with E-state index in [2.05, 4.69) is 4.98 Å². The number of hydrogen-bond donors (Lipinski definition) is 0. The van der Waals surface area contributed by atoms with Crippen LogP contribution in [0.2, 0.25) is 5.02 Å². The maximum absolute atomic E-state index is 13.3. The molecule has 0 saturated heterocycles. The van der Waals surface area contributed by atoms with E-state index in [1.54, 1.807) is 36.5 Å². The van der Waals surface area contributed by atoms with Gasteiger partial charge in [-0.15, -0.1) is 0 Å². The van der Waals surface area contributed by atoms with Crippen molar-refractivity contribution in [2.45, 2.75) is 25.3 Å². The van der Waals surface area contributed by atoms with Crippen molar-refractivity contribution in [1.29, 1.82) is 0 Å². The first-order valence-electron chi connectivity index (χ1n) is 8.13. The summed E-state index contributed by atoms with van der Waals surface area (Å²) in [5.41, 5.74) is 2.71. The Morgan fingerprint density at radius 1 is 0.962 bits per heavy atom. The molecule has 0 fully saturated rings. The van der Waals surface area contributed by atoms with E-state index in [1.807, 2.05) is 44.2 Å². The van der Waals surface area contributed by atoms with E-state index in [4.69, 9.17) is 11.6 Å². The number of sulfonamides is 1. The molecule has 0 aliphatic rings. The second kappa shape index (κ2) is 7.48. The highest BCUT2D eigenvalue weighted by Gasteiger charge is 2.28. The Bertz CT molecular complexity index is 1000. The van der Waals surface area contributed by atoms with Gasteiger partial charge in [-0.25, -0.2) is 17.7 Å². The van der Waals surface area contributed by atoms with Crippen LogP contribution in [0.25, 0.3) is 0 Å². The Morgan fingerprint density at radius 3 is 2.23 bits per heavy atom. The molecule has 134 valence electrons. The van der Waals surface area contributed by atoms with Crippen LogP contribution in [0.4, 0.5) is 5.82 Å². The van der Waals surface area contributed by atoms with Crippen LogP contribution in [0.5, 0.6) is 0 Å². The Labute approximate surface area is 159 Å². The SMILES string of the molecule is Cc1ccc(S(=O)(=O)N(Cc2ccccc2)c2ncc(C)cc2Cl)cc1. The molecule has 0 aliphatic carbocycles. The first-order valence-corrected chi connectivity index (χ1v) is 9.95. The summed E-state index contributed by atoms with van der Waals surface area (Å²) in [6.07, 6.45) is 1.61. The van der Waals surface area contributed by atoms with Crippen molar-refractivity contribution in [3.05, 3.63) is 88.6 Å². The van der Waals surface area contributed by atoms with E-state index < -0.39 is 10.0 Å². The molecule has 6 heteroatoms. The van der Waals surface area contributed by atoms with Gasteiger partial charge in [0.1, 0.15) is 0 Å². The molecule has 0 saturated carbocycles. The van der Waals surface area contributed by atoms with E-state index in [0.717, 1.165) is 16.7 Å². The van der Waals surface area contributed by atoms with Crippen molar-refractivity contribution in [1.82, 2.24) is 4.98 Å². The lowest BCUT2D eigenvalue weighted by Gasteiger charge is -2.24. The zero-order valence-corrected chi connectivity index (χ0v) is 16.1. The van der Waals surface area contributed by atoms with Crippen molar-refractivity contribution in [3.8, 4) is 0 Å². The first kappa shape index (κ1) is 18.4. The third kappa shape index (κ3) is 3.89. The van der Waals surface area contributed by atoms with Gasteiger partial charge in [0, 0.05) is 6.20 Å². The van der Waals surface area contributed by atoms with Crippen LogP contribution < -0.4 is 4.31 Å². The predicted octanol–water partition coefficient (Wildman–Crippen LogP) is 4.75. The maximum Gasteiger partial charge on any atom is 0.265 e. The Hall–Kier alpha value is -2.37. The lowest BCUT2D eigenvalue weighted by atomic mass is 10.2. The van der Waals surface area contributed by atoms with E-state index in [1.165, 1.54) is 4.31 Å². The lowest BCUT2D eigenvalue weighted by Crippen LogP contribution is -2.31. The number of pyridine rings is 1. The molecular formula is C20H19ClN2O2S. The molecule has 3 aromatic rings. The average molecular weight is 387 g/mol. The van der Waals surface area contributed by atoms with Crippen LogP contribution in [0.1, 0.15) is 16.7 Å². The summed E-state index contributed by atoms with van der Waals surface area (Å²) >= 11 is 6.34. The van der Waals surface area contributed by atoms with E-state index >= 15 is 0 Å². The molecule has 3 rings (SSSR count). The van der Waals surface area contributed by atoms with Crippen LogP contribution in [-0.4, -0.2) is 13.4 Å². The van der Waals surface area contributed by atoms with E-state index in [-0.39, 0.29) is 17.3 Å². The zero-order chi connectivity index (χ0) is 18.7. The molecule has 0 unspecified atom stereocenters. The minimum absolute atomic E-state index is 0.146. The lowest BCUT2D eigenvalue weighted by molar-refractivity contribution is 0.589. The predicted molar refractivity (Wildman–Crippen MR) is 105 cm³/mol. The topological polar surface area (TPSA) is 50.3 Å². The molecule has 0 spiro atoms. The second-order valence-electron chi connectivity index (χ2n) is 6.13.